The van der Waals surface area contributed by atoms with E-state index in [0.717, 1.165) is 18.2 Å². The van der Waals surface area contributed by atoms with Crippen LogP contribution in [-0.2, 0) is 22.9 Å². The van der Waals surface area contributed by atoms with Crippen LogP contribution in [0.4, 0.5) is 11.4 Å². The lowest BCUT2D eigenvalue weighted by Gasteiger charge is -2.13. The minimum atomic E-state index is -3.78. The van der Waals surface area contributed by atoms with Gasteiger partial charge in [-0.2, -0.15) is 0 Å². The summed E-state index contributed by atoms with van der Waals surface area (Å²) in [6.07, 6.45) is 2.00. The van der Waals surface area contributed by atoms with E-state index in [4.69, 9.17) is 11.6 Å². The van der Waals surface area contributed by atoms with Gasteiger partial charge >= 0.3 is 0 Å². The summed E-state index contributed by atoms with van der Waals surface area (Å²) in [5, 5.41) is 5.36. The number of nitrogens with one attached hydrogen (secondary N) is 2. The van der Waals surface area contributed by atoms with Crippen LogP contribution in [0.3, 0.4) is 0 Å². The van der Waals surface area contributed by atoms with Gasteiger partial charge in [-0.25, -0.2) is 8.42 Å². The van der Waals surface area contributed by atoms with Gasteiger partial charge in [0.15, 0.2) is 0 Å². The maximum Gasteiger partial charge on any atom is 0.261 e. The molecule has 4 aromatic rings. The fourth-order valence-corrected chi connectivity index (χ4v) is 5.40. The first-order chi connectivity index (χ1) is 15.4. The topological polar surface area (TPSA) is 75.3 Å². The Morgan fingerprint density at radius 1 is 0.844 bits per heavy atom. The van der Waals surface area contributed by atoms with Crippen LogP contribution in [0.1, 0.15) is 21.5 Å². The Balaban J connectivity index is 1.45. The Morgan fingerprint density at radius 3 is 2.38 bits per heavy atom. The van der Waals surface area contributed by atoms with E-state index in [1.165, 1.54) is 46.8 Å². The van der Waals surface area contributed by atoms with Crippen LogP contribution >= 0.6 is 11.6 Å². The zero-order valence-corrected chi connectivity index (χ0v) is 18.5. The molecule has 0 fully saturated rings. The fourth-order valence-electron chi connectivity index (χ4n) is 4.12. The predicted octanol–water partition coefficient (Wildman–Crippen LogP) is 5.64. The van der Waals surface area contributed by atoms with Gasteiger partial charge in [0, 0.05) is 16.8 Å². The number of hydrogen-bond acceptors (Lipinski definition) is 3. The SMILES string of the molecule is O=C(Nc1ccc2c3c(cccc13)CC2)c1cc(NS(=O)(=O)c2ccccc2)ccc1Cl. The van der Waals surface area contributed by atoms with Crippen molar-refractivity contribution in [2.45, 2.75) is 17.7 Å². The van der Waals surface area contributed by atoms with Gasteiger partial charge in [0.1, 0.15) is 0 Å². The molecule has 0 heterocycles. The number of rotatable bonds is 5. The Hall–Kier alpha value is -3.35. The number of amides is 1. The second-order valence-electron chi connectivity index (χ2n) is 7.68. The lowest BCUT2D eigenvalue weighted by molar-refractivity contribution is 0.102. The van der Waals surface area contributed by atoms with Crippen LogP contribution in [0.5, 0.6) is 0 Å². The van der Waals surface area contributed by atoms with E-state index < -0.39 is 15.9 Å². The van der Waals surface area contributed by atoms with E-state index in [0.29, 0.717) is 5.69 Å². The zero-order valence-electron chi connectivity index (χ0n) is 16.9. The van der Waals surface area contributed by atoms with Gasteiger partial charge < -0.3 is 5.32 Å². The molecule has 0 aromatic heterocycles. The summed E-state index contributed by atoms with van der Waals surface area (Å²) in [5.41, 5.74) is 3.70. The number of carbonyl (C=O) groups excluding carboxylic acids is 1. The number of sulfonamides is 1. The highest BCUT2D eigenvalue weighted by Gasteiger charge is 2.19. The molecule has 2 N–H and O–H groups in total. The van der Waals surface area contributed by atoms with E-state index in [1.54, 1.807) is 18.2 Å². The van der Waals surface area contributed by atoms with Crippen molar-refractivity contribution in [1.29, 1.82) is 0 Å². The quantitative estimate of drug-likeness (QED) is 0.402. The Labute approximate surface area is 191 Å². The average Bonchev–Trinajstić information content (AvgIpc) is 3.22. The lowest BCUT2D eigenvalue weighted by Crippen LogP contribution is -2.15. The van der Waals surface area contributed by atoms with E-state index >= 15 is 0 Å². The number of benzene rings is 4. The number of carbonyl (C=O) groups is 1. The third-order valence-electron chi connectivity index (χ3n) is 5.64. The molecule has 0 atom stereocenters. The highest BCUT2D eigenvalue weighted by molar-refractivity contribution is 7.92. The smallest absolute Gasteiger partial charge is 0.261 e. The van der Waals surface area contributed by atoms with Crippen LogP contribution in [0.15, 0.2) is 83.8 Å². The molecule has 4 aromatic carbocycles. The molecule has 0 aliphatic heterocycles. The van der Waals surface area contributed by atoms with Crippen LogP contribution in [0, 0.1) is 0 Å². The van der Waals surface area contributed by atoms with E-state index in [9.17, 15) is 13.2 Å². The molecule has 160 valence electrons. The van der Waals surface area contributed by atoms with Crippen LogP contribution < -0.4 is 10.0 Å². The van der Waals surface area contributed by atoms with Crippen molar-refractivity contribution in [1.82, 2.24) is 0 Å². The molecule has 1 amide bonds. The molecule has 7 heteroatoms. The summed E-state index contributed by atoms with van der Waals surface area (Å²) in [7, 11) is -3.78. The summed E-state index contributed by atoms with van der Waals surface area (Å²) in [5.74, 6) is -0.408. The molecular weight excluding hydrogens is 444 g/mol. The summed E-state index contributed by atoms with van der Waals surface area (Å²) in [6.45, 7) is 0. The van der Waals surface area contributed by atoms with Gasteiger partial charge in [-0.15, -0.1) is 0 Å². The van der Waals surface area contributed by atoms with Crippen molar-refractivity contribution in [3.8, 4) is 0 Å². The van der Waals surface area contributed by atoms with Gasteiger partial charge in [0.05, 0.1) is 15.5 Å². The Morgan fingerprint density at radius 2 is 1.59 bits per heavy atom. The minimum Gasteiger partial charge on any atom is -0.321 e. The average molecular weight is 463 g/mol. The second-order valence-corrected chi connectivity index (χ2v) is 9.77. The standard InChI is InChI=1S/C25H19ClN2O3S/c26-22-13-12-18(28-32(30,31)19-6-2-1-3-7-19)15-21(22)25(29)27-23-14-11-17-10-9-16-5-4-8-20(23)24(16)17/h1-8,11-15,28H,9-10H2,(H,27,29). The lowest BCUT2D eigenvalue weighted by atomic mass is 10.0. The maximum atomic E-state index is 13.1. The van der Waals surface area contributed by atoms with Crippen LogP contribution in [0.25, 0.3) is 10.8 Å². The van der Waals surface area contributed by atoms with Gasteiger partial charge in [0.25, 0.3) is 15.9 Å². The highest BCUT2D eigenvalue weighted by Crippen LogP contribution is 2.35. The van der Waals surface area contributed by atoms with Crippen molar-refractivity contribution >= 4 is 49.7 Å². The number of anilines is 2. The molecule has 0 bridgehead atoms. The van der Waals surface area contributed by atoms with Gasteiger partial charge in [-0.1, -0.05) is 54.1 Å². The summed E-state index contributed by atoms with van der Waals surface area (Å²) >= 11 is 6.29. The summed E-state index contributed by atoms with van der Waals surface area (Å²) in [6, 6.07) is 22.6. The largest absolute Gasteiger partial charge is 0.321 e. The Kier molecular flexibility index (Phi) is 5.12. The van der Waals surface area contributed by atoms with Crippen molar-refractivity contribution in [2.75, 3.05) is 10.0 Å². The van der Waals surface area contributed by atoms with Crippen molar-refractivity contribution in [3.05, 3.63) is 101 Å². The highest BCUT2D eigenvalue weighted by atomic mass is 35.5. The Bertz CT molecular complexity index is 1460. The third-order valence-corrected chi connectivity index (χ3v) is 7.37. The molecule has 0 saturated heterocycles. The van der Waals surface area contributed by atoms with Crippen molar-refractivity contribution < 1.29 is 13.2 Å². The van der Waals surface area contributed by atoms with Gasteiger partial charge in [-0.3, -0.25) is 9.52 Å². The van der Waals surface area contributed by atoms with E-state index in [2.05, 4.69) is 16.1 Å². The monoisotopic (exact) mass is 462 g/mol. The molecule has 0 radical (unpaired) electrons. The molecule has 5 rings (SSSR count). The first-order valence-corrected chi connectivity index (χ1v) is 12.0. The summed E-state index contributed by atoms with van der Waals surface area (Å²) < 4.78 is 27.8. The fraction of sp³-hybridized carbons (Fsp3) is 0.0800. The van der Waals surface area contributed by atoms with Gasteiger partial charge in [-0.05, 0) is 65.8 Å². The molecule has 0 spiro atoms. The van der Waals surface area contributed by atoms with Crippen LogP contribution in [0.2, 0.25) is 5.02 Å². The molecule has 5 nitrogen and oxygen atoms in total. The first kappa shape index (κ1) is 20.5. The first-order valence-electron chi connectivity index (χ1n) is 10.1. The predicted molar refractivity (Wildman–Crippen MR) is 128 cm³/mol. The van der Waals surface area contributed by atoms with E-state index in [-0.39, 0.29) is 21.2 Å². The van der Waals surface area contributed by atoms with Crippen molar-refractivity contribution in [3.63, 3.8) is 0 Å². The van der Waals surface area contributed by atoms with Crippen molar-refractivity contribution in [2.24, 2.45) is 0 Å². The minimum absolute atomic E-state index is 0.133. The number of halogens is 1. The second kappa shape index (κ2) is 7.97. The molecule has 1 aliphatic rings. The number of hydrogen-bond donors (Lipinski definition) is 2. The molecule has 0 unspecified atom stereocenters. The number of aryl methyl sites for hydroxylation is 2. The zero-order chi connectivity index (χ0) is 22.3. The van der Waals surface area contributed by atoms with Gasteiger partial charge in [0.2, 0.25) is 0 Å². The molecular formula is C25H19ClN2O3S. The third kappa shape index (κ3) is 3.72. The molecule has 0 saturated carbocycles. The van der Waals surface area contributed by atoms with E-state index in [1.807, 2.05) is 24.3 Å². The molecule has 32 heavy (non-hydrogen) atoms. The molecule has 1 aliphatic carbocycles. The normalized spacial score (nSPS) is 12.7. The summed E-state index contributed by atoms with van der Waals surface area (Å²) in [4.78, 5) is 13.2. The van der Waals surface area contributed by atoms with Crippen LogP contribution in [-0.4, -0.2) is 14.3 Å². The maximum absolute atomic E-state index is 13.1.